The summed E-state index contributed by atoms with van der Waals surface area (Å²) >= 11 is 0. The molecule has 28 heavy (non-hydrogen) atoms. The van der Waals surface area contributed by atoms with Crippen LogP contribution in [0.2, 0.25) is 0 Å². The minimum atomic E-state index is -0.0304. The van der Waals surface area contributed by atoms with Crippen LogP contribution in [0.4, 0.5) is 11.4 Å². The van der Waals surface area contributed by atoms with Gasteiger partial charge >= 0.3 is 0 Å². The molecule has 1 saturated carbocycles. The summed E-state index contributed by atoms with van der Waals surface area (Å²) in [4.78, 5) is 27.3. The van der Waals surface area contributed by atoms with Gasteiger partial charge in [-0.15, -0.1) is 0 Å². The van der Waals surface area contributed by atoms with Gasteiger partial charge in [0.15, 0.2) is 0 Å². The van der Waals surface area contributed by atoms with Gasteiger partial charge in [-0.05, 0) is 61.2 Å². The first-order valence-corrected chi connectivity index (χ1v) is 10.1. The fraction of sp³-hybridized carbons (Fsp3) is 0.391. The molecule has 146 valence electrons. The predicted octanol–water partition coefficient (Wildman–Crippen LogP) is 4.42. The van der Waals surface area contributed by atoms with Crippen LogP contribution < -0.4 is 15.0 Å². The number of nitrogens with one attached hydrogen (secondary N) is 1. The van der Waals surface area contributed by atoms with E-state index in [1.165, 1.54) is 6.42 Å². The van der Waals surface area contributed by atoms with Crippen molar-refractivity contribution in [2.24, 2.45) is 5.92 Å². The topological polar surface area (TPSA) is 58.6 Å². The molecule has 1 N–H and O–H groups in total. The van der Waals surface area contributed by atoms with Gasteiger partial charge in [-0.1, -0.05) is 25.3 Å². The van der Waals surface area contributed by atoms with Gasteiger partial charge in [0.2, 0.25) is 5.91 Å². The molecular weight excluding hydrogens is 352 g/mol. The number of hydrogen-bond donors (Lipinski definition) is 1. The smallest absolute Gasteiger partial charge is 0.258 e. The molecule has 5 heteroatoms. The Balaban J connectivity index is 1.51. The van der Waals surface area contributed by atoms with Crippen molar-refractivity contribution in [1.29, 1.82) is 0 Å². The van der Waals surface area contributed by atoms with E-state index >= 15 is 0 Å². The number of anilines is 2. The molecule has 0 aromatic heterocycles. The fourth-order valence-electron chi connectivity index (χ4n) is 4.17. The van der Waals surface area contributed by atoms with Gasteiger partial charge in [0.25, 0.3) is 5.91 Å². The van der Waals surface area contributed by atoms with Crippen LogP contribution in [-0.4, -0.2) is 25.5 Å². The summed E-state index contributed by atoms with van der Waals surface area (Å²) in [6.45, 7) is 0.653. The summed E-state index contributed by atoms with van der Waals surface area (Å²) in [5.41, 5.74) is 3.42. The van der Waals surface area contributed by atoms with Crippen LogP contribution in [0.25, 0.3) is 0 Å². The Morgan fingerprint density at radius 1 is 1.04 bits per heavy atom. The minimum absolute atomic E-state index is 0.0304. The van der Waals surface area contributed by atoms with Crippen molar-refractivity contribution in [1.82, 2.24) is 0 Å². The zero-order chi connectivity index (χ0) is 19.5. The SMILES string of the molecule is COc1ccc(C(=O)N2CCc3ccc(NC(=O)C4CCCCC4)cc32)cc1. The third-order valence-electron chi connectivity index (χ3n) is 5.81. The molecule has 1 heterocycles. The van der Waals surface area contributed by atoms with Crippen LogP contribution >= 0.6 is 0 Å². The second-order valence-electron chi connectivity index (χ2n) is 7.60. The van der Waals surface area contributed by atoms with Crippen LogP contribution in [0.3, 0.4) is 0 Å². The van der Waals surface area contributed by atoms with E-state index in [2.05, 4.69) is 5.32 Å². The molecule has 0 radical (unpaired) electrons. The summed E-state index contributed by atoms with van der Waals surface area (Å²) in [7, 11) is 1.61. The highest BCUT2D eigenvalue weighted by Crippen LogP contribution is 2.33. The van der Waals surface area contributed by atoms with Gasteiger partial charge in [0.05, 0.1) is 7.11 Å². The number of ether oxygens (including phenoxy) is 1. The normalized spacial score (nSPS) is 16.5. The molecule has 2 aromatic carbocycles. The lowest BCUT2D eigenvalue weighted by molar-refractivity contribution is -0.120. The fourth-order valence-corrected chi connectivity index (χ4v) is 4.17. The van der Waals surface area contributed by atoms with Crippen molar-refractivity contribution in [3.63, 3.8) is 0 Å². The Bertz CT molecular complexity index is 870. The molecule has 5 nitrogen and oxygen atoms in total. The maximum Gasteiger partial charge on any atom is 0.258 e. The quantitative estimate of drug-likeness (QED) is 0.857. The molecule has 1 aliphatic carbocycles. The van der Waals surface area contributed by atoms with Gasteiger partial charge in [-0.2, -0.15) is 0 Å². The Morgan fingerprint density at radius 3 is 2.50 bits per heavy atom. The van der Waals surface area contributed by atoms with Crippen LogP contribution in [0.1, 0.15) is 48.0 Å². The van der Waals surface area contributed by atoms with Gasteiger partial charge in [0, 0.05) is 29.4 Å². The molecule has 0 saturated heterocycles. The second kappa shape index (κ2) is 8.05. The highest BCUT2D eigenvalue weighted by Gasteiger charge is 2.27. The Kier molecular flexibility index (Phi) is 5.33. The van der Waals surface area contributed by atoms with Crippen LogP contribution in [0, 0.1) is 5.92 Å². The largest absolute Gasteiger partial charge is 0.497 e. The van der Waals surface area contributed by atoms with Crippen LogP contribution in [0.15, 0.2) is 42.5 Å². The molecule has 1 aliphatic heterocycles. The van der Waals surface area contributed by atoms with Crippen molar-refractivity contribution >= 4 is 23.2 Å². The average Bonchev–Trinajstić information content (AvgIpc) is 3.17. The number of carbonyl (C=O) groups is 2. The van der Waals surface area contributed by atoms with E-state index in [1.54, 1.807) is 36.3 Å². The highest BCUT2D eigenvalue weighted by atomic mass is 16.5. The van der Waals surface area contributed by atoms with E-state index in [0.717, 1.165) is 54.8 Å². The summed E-state index contributed by atoms with van der Waals surface area (Å²) in [6.07, 6.45) is 6.26. The maximum absolute atomic E-state index is 13.0. The number of carbonyl (C=O) groups excluding carboxylic acids is 2. The lowest BCUT2D eigenvalue weighted by atomic mass is 9.88. The number of amides is 2. The minimum Gasteiger partial charge on any atom is -0.497 e. The number of rotatable bonds is 4. The lowest BCUT2D eigenvalue weighted by Crippen LogP contribution is -2.29. The maximum atomic E-state index is 13.0. The van der Waals surface area contributed by atoms with E-state index in [1.807, 2.05) is 18.2 Å². The Labute approximate surface area is 165 Å². The number of benzene rings is 2. The van der Waals surface area contributed by atoms with E-state index in [0.29, 0.717) is 12.1 Å². The van der Waals surface area contributed by atoms with E-state index in [9.17, 15) is 9.59 Å². The summed E-state index contributed by atoms with van der Waals surface area (Å²) in [5.74, 6) is 0.910. The molecule has 0 unspecified atom stereocenters. The van der Waals surface area contributed by atoms with Crippen molar-refractivity contribution < 1.29 is 14.3 Å². The van der Waals surface area contributed by atoms with E-state index in [4.69, 9.17) is 4.74 Å². The molecular formula is C23H26N2O3. The van der Waals surface area contributed by atoms with Gasteiger partial charge in [-0.25, -0.2) is 0 Å². The molecule has 2 amide bonds. The molecule has 1 fully saturated rings. The first kappa shape index (κ1) is 18.5. The van der Waals surface area contributed by atoms with Crippen molar-refractivity contribution in [2.45, 2.75) is 38.5 Å². The number of hydrogen-bond acceptors (Lipinski definition) is 3. The molecule has 2 aliphatic rings. The van der Waals surface area contributed by atoms with Gasteiger partial charge in [0.1, 0.15) is 5.75 Å². The number of methoxy groups -OCH3 is 1. The monoisotopic (exact) mass is 378 g/mol. The molecule has 0 atom stereocenters. The van der Waals surface area contributed by atoms with E-state index in [-0.39, 0.29) is 17.7 Å². The van der Waals surface area contributed by atoms with Gasteiger partial charge < -0.3 is 15.0 Å². The van der Waals surface area contributed by atoms with Crippen molar-refractivity contribution in [2.75, 3.05) is 23.9 Å². The molecule has 0 bridgehead atoms. The summed E-state index contributed by atoms with van der Waals surface area (Å²) in [5, 5.41) is 3.06. The Morgan fingerprint density at radius 2 is 1.79 bits per heavy atom. The zero-order valence-electron chi connectivity index (χ0n) is 16.2. The molecule has 4 rings (SSSR count). The molecule has 2 aromatic rings. The van der Waals surface area contributed by atoms with Crippen LogP contribution in [0.5, 0.6) is 5.75 Å². The highest BCUT2D eigenvalue weighted by molar-refractivity contribution is 6.07. The summed E-state index contributed by atoms with van der Waals surface area (Å²) < 4.78 is 5.17. The number of nitrogens with zero attached hydrogens (tertiary/aromatic N) is 1. The standard InChI is InChI=1S/C23H26N2O3/c1-28-20-11-8-18(9-12-20)23(27)25-14-13-16-7-10-19(15-21(16)25)24-22(26)17-5-3-2-4-6-17/h7-12,15,17H,2-6,13-14H2,1H3,(H,24,26). The summed E-state index contributed by atoms with van der Waals surface area (Å²) in [6, 6.07) is 13.1. The van der Waals surface area contributed by atoms with Crippen molar-refractivity contribution in [3.05, 3.63) is 53.6 Å². The predicted molar refractivity (Wildman–Crippen MR) is 110 cm³/mol. The van der Waals surface area contributed by atoms with E-state index < -0.39 is 0 Å². The lowest BCUT2D eigenvalue weighted by Gasteiger charge is -2.22. The average molecular weight is 378 g/mol. The Hall–Kier alpha value is -2.82. The van der Waals surface area contributed by atoms with Crippen LogP contribution in [-0.2, 0) is 11.2 Å². The number of fused-ring (bicyclic) bond motifs is 1. The third kappa shape index (κ3) is 3.75. The van der Waals surface area contributed by atoms with Gasteiger partial charge in [-0.3, -0.25) is 9.59 Å². The third-order valence-corrected chi connectivity index (χ3v) is 5.81. The second-order valence-corrected chi connectivity index (χ2v) is 7.60. The first-order valence-electron chi connectivity index (χ1n) is 10.1. The first-order chi connectivity index (χ1) is 13.7. The zero-order valence-corrected chi connectivity index (χ0v) is 16.2. The van der Waals surface area contributed by atoms with Crippen molar-refractivity contribution in [3.8, 4) is 5.75 Å². The molecule has 0 spiro atoms.